The Labute approximate surface area is 74.5 Å². The molecule has 0 amide bonds. The Morgan fingerprint density at radius 2 is 2.00 bits per heavy atom. The molecule has 0 spiro atoms. The zero-order valence-electron chi connectivity index (χ0n) is 6.74. The molecule has 0 bridgehead atoms. The summed E-state index contributed by atoms with van der Waals surface area (Å²) in [5, 5.41) is 8.75. The first kappa shape index (κ1) is 9.30. The van der Waals surface area contributed by atoms with Crippen LogP contribution in [0.25, 0.3) is 0 Å². The lowest BCUT2D eigenvalue weighted by molar-refractivity contribution is 0.0698. The molecule has 6 nitrogen and oxygen atoms in total. The maximum atomic E-state index is 10.7. The Morgan fingerprint density at radius 1 is 1.31 bits per heavy atom. The van der Waals surface area contributed by atoms with E-state index < -0.39 is 5.97 Å². The van der Waals surface area contributed by atoms with Gasteiger partial charge in [-0.05, 0) is 12.1 Å². The maximum Gasteiger partial charge on any atom is 0.337 e. The zero-order valence-corrected chi connectivity index (χ0v) is 6.74. The predicted octanol–water partition coefficient (Wildman–Crippen LogP) is -0.0440. The third-order valence-corrected chi connectivity index (χ3v) is 1.59. The number of carboxylic acids is 1. The topological polar surface area (TPSA) is 113 Å². The minimum absolute atomic E-state index is 0.0675. The van der Waals surface area contributed by atoms with Gasteiger partial charge in [-0.25, -0.2) is 4.79 Å². The van der Waals surface area contributed by atoms with Crippen LogP contribution >= 0.6 is 0 Å². The number of carbonyl (C=O) groups is 1. The van der Waals surface area contributed by atoms with Gasteiger partial charge in [-0.2, -0.15) is 0 Å². The fourth-order valence-electron chi connectivity index (χ4n) is 1.01. The van der Waals surface area contributed by atoms with Crippen molar-refractivity contribution < 1.29 is 9.90 Å². The first-order valence-corrected chi connectivity index (χ1v) is 3.50. The number of rotatable bonds is 3. The second-order valence-corrected chi connectivity index (χ2v) is 2.32. The number of aromatic carboxylic acids is 1. The molecule has 0 saturated heterocycles. The number of nitrogen functional groups attached to an aromatic ring is 2. The van der Waals surface area contributed by atoms with E-state index in [1.165, 1.54) is 6.07 Å². The summed E-state index contributed by atoms with van der Waals surface area (Å²) in [6, 6.07) is 4.61. The molecule has 0 unspecified atom stereocenters. The van der Waals surface area contributed by atoms with E-state index in [1.807, 2.05) is 0 Å². The van der Waals surface area contributed by atoms with Gasteiger partial charge in [-0.3, -0.25) is 11.7 Å². The highest BCUT2D eigenvalue weighted by Gasteiger charge is 2.11. The highest BCUT2D eigenvalue weighted by atomic mass is 16.4. The first-order chi connectivity index (χ1) is 6.20. The Hall–Kier alpha value is -1.79. The molecular weight excluding hydrogens is 172 g/mol. The summed E-state index contributed by atoms with van der Waals surface area (Å²) in [4.78, 5) is 10.7. The van der Waals surface area contributed by atoms with Gasteiger partial charge in [0.2, 0.25) is 0 Å². The average molecular weight is 182 g/mol. The van der Waals surface area contributed by atoms with E-state index in [0.717, 1.165) is 0 Å². The van der Waals surface area contributed by atoms with Gasteiger partial charge in [0.25, 0.3) is 0 Å². The Kier molecular flexibility index (Phi) is 2.68. The van der Waals surface area contributed by atoms with Crippen LogP contribution in [0.3, 0.4) is 0 Å². The highest BCUT2D eigenvalue weighted by Crippen LogP contribution is 2.24. The van der Waals surface area contributed by atoms with E-state index >= 15 is 0 Å². The summed E-state index contributed by atoms with van der Waals surface area (Å²) in [5.74, 6) is 9.25. The zero-order chi connectivity index (χ0) is 9.84. The number of anilines is 2. The first-order valence-electron chi connectivity index (χ1n) is 3.50. The van der Waals surface area contributed by atoms with Crippen molar-refractivity contribution in [2.45, 2.75) is 0 Å². The molecule has 1 aromatic carbocycles. The van der Waals surface area contributed by atoms with Crippen LogP contribution in [0.1, 0.15) is 10.4 Å². The third kappa shape index (κ3) is 1.68. The van der Waals surface area contributed by atoms with Gasteiger partial charge in [0.1, 0.15) is 0 Å². The van der Waals surface area contributed by atoms with E-state index in [0.29, 0.717) is 5.69 Å². The van der Waals surface area contributed by atoms with Crippen molar-refractivity contribution in [2.24, 2.45) is 11.7 Å². The van der Waals surface area contributed by atoms with Gasteiger partial charge in [-0.15, -0.1) is 0 Å². The second-order valence-electron chi connectivity index (χ2n) is 2.32. The van der Waals surface area contributed by atoms with Crippen molar-refractivity contribution in [2.75, 3.05) is 10.9 Å². The summed E-state index contributed by atoms with van der Waals surface area (Å²) in [5.41, 5.74) is 5.37. The lowest BCUT2D eigenvalue weighted by Crippen LogP contribution is -2.16. The van der Waals surface area contributed by atoms with Crippen molar-refractivity contribution in [3.05, 3.63) is 23.8 Å². The second kappa shape index (κ2) is 3.74. The predicted molar refractivity (Wildman–Crippen MR) is 49.0 cm³/mol. The van der Waals surface area contributed by atoms with Crippen LogP contribution in [-0.4, -0.2) is 11.1 Å². The summed E-state index contributed by atoms with van der Waals surface area (Å²) in [7, 11) is 0. The van der Waals surface area contributed by atoms with E-state index in [1.54, 1.807) is 12.1 Å². The summed E-state index contributed by atoms with van der Waals surface area (Å²) in [6.45, 7) is 0. The number of nitrogens with one attached hydrogen (secondary N) is 2. The normalized spacial score (nSPS) is 9.38. The van der Waals surface area contributed by atoms with Crippen LogP contribution in [0.5, 0.6) is 0 Å². The van der Waals surface area contributed by atoms with Gasteiger partial charge in [0, 0.05) is 0 Å². The van der Waals surface area contributed by atoms with Gasteiger partial charge >= 0.3 is 5.97 Å². The highest BCUT2D eigenvalue weighted by molar-refractivity contribution is 5.97. The van der Waals surface area contributed by atoms with Crippen molar-refractivity contribution in [3.63, 3.8) is 0 Å². The molecule has 0 saturated carbocycles. The Morgan fingerprint density at radius 3 is 2.46 bits per heavy atom. The summed E-state index contributed by atoms with van der Waals surface area (Å²) in [6.07, 6.45) is 0. The molecule has 13 heavy (non-hydrogen) atoms. The van der Waals surface area contributed by atoms with E-state index in [2.05, 4.69) is 10.9 Å². The molecule has 0 fully saturated rings. The van der Waals surface area contributed by atoms with Gasteiger partial charge in [0.15, 0.2) is 0 Å². The quantitative estimate of drug-likeness (QED) is 0.331. The molecule has 0 heterocycles. The molecule has 6 heteroatoms. The smallest absolute Gasteiger partial charge is 0.337 e. The third-order valence-electron chi connectivity index (χ3n) is 1.59. The van der Waals surface area contributed by atoms with Crippen LogP contribution in [-0.2, 0) is 0 Å². The fourth-order valence-corrected chi connectivity index (χ4v) is 1.01. The number of benzene rings is 1. The number of carboxylic acid groups (broad SMARTS) is 1. The molecule has 0 aliphatic carbocycles. The molecule has 0 aliphatic heterocycles. The van der Waals surface area contributed by atoms with Crippen molar-refractivity contribution in [1.29, 1.82) is 0 Å². The number of nitrogens with two attached hydrogens (primary N) is 2. The maximum absolute atomic E-state index is 10.7. The number of hydrogen-bond acceptors (Lipinski definition) is 5. The lowest BCUT2D eigenvalue weighted by atomic mass is 10.1. The van der Waals surface area contributed by atoms with E-state index in [-0.39, 0.29) is 11.3 Å². The van der Waals surface area contributed by atoms with Crippen LogP contribution in [0.2, 0.25) is 0 Å². The Bertz CT molecular complexity index is 326. The van der Waals surface area contributed by atoms with Gasteiger partial charge in [0.05, 0.1) is 16.9 Å². The minimum atomic E-state index is -1.06. The molecule has 70 valence electrons. The number of hydrazine groups is 2. The van der Waals surface area contributed by atoms with Crippen LogP contribution in [0.15, 0.2) is 18.2 Å². The standard InChI is InChI=1S/C7H10N4O2/c8-10-5-3-1-2-4(7(12)13)6(5)11-9/h1-3,10-11H,8-9H2,(H,12,13). The molecular formula is C7H10N4O2. The van der Waals surface area contributed by atoms with Gasteiger partial charge in [-0.1, -0.05) is 6.07 Å². The van der Waals surface area contributed by atoms with Crippen LogP contribution in [0, 0.1) is 0 Å². The molecule has 0 atom stereocenters. The lowest BCUT2D eigenvalue weighted by Gasteiger charge is -2.10. The molecule has 0 aromatic heterocycles. The molecule has 7 N–H and O–H groups in total. The largest absolute Gasteiger partial charge is 0.478 e. The van der Waals surface area contributed by atoms with Crippen molar-refractivity contribution >= 4 is 17.3 Å². The number of para-hydroxylation sites is 1. The fraction of sp³-hybridized carbons (Fsp3) is 0. The van der Waals surface area contributed by atoms with Crippen molar-refractivity contribution in [3.8, 4) is 0 Å². The molecule has 1 aromatic rings. The molecule has 0 radical (unpaired) electrons. The van der Waals surface area contributed by atoms with E-state index in [4.69, 9.17) is 16.8 Å². The minimum Gasteiger partial charge on any atom is -0.478 e. The number of hydrogen-bond donors (Lipinski definition) is 5. The van der Waals surface area contributed by atoms with Crippen molar-refractivity contribution in [1.82, 2.24) is 0 Å². The van der Waals surface area contributed by atoms with Crippen LogP contribution < -0.4 is 22.5 Å². The SMILES string of the molecule is NNc1cccc(C(=O)O)c1NN. The average Bonchev–Trinajstić information content (AvgIpc) is 2.16. The van der Waals surface area contributed by atoms with E-state index in [9.17, 15) is 4.79 Å². The van der Waals surface area contributed by atoms with Crippen LogP contribution in [0.4, 0.5) is 11.4 Å². The Balaban J connectivity index is 3.27. The summed E-state index contributed by atoms with van der Waals surface area (Å²) >= 11 is 0. The summed E-state index contributed by atoms with van der Waals surface area (Å²) < 4.78 is 0. The monoisotopic (exact) mass is 182 g/mol. The molecule has 1 rings (SSSR count). The molecule has 0 aliphatic rings. The van der Waals surface area contributed by atoms with Gasteiger partial charge < -0.3 is 16.0 Å².